The van der Waals surface area contributed by atoms with E-state index in [1.165, 1.54) is 12.1 Å². The minimum absolute atomic E-state index is 0.0624. The molecule has 0 unspecified atom stereocenters. The van der Waals surface area contributed by atoms with Crippen molar-refractivity contribution in [3.8, 4) is 17.6 Å². The topological polar surface area (TPSA) is 85.4 Å². The van der Waals surface area contributed by atoms with Gasteiger partial charge in [-0.1, -0.05) is 24.3 Å². The van der Waals surface area contributed by atoms with E-state index in [0.29, 0.717) is 35.8 Å². The van der Waals surface area contributed by atoms with Gasteiger partial charge in [-0.05, 0) is 99.1 Å². The average molecular weight is 652 g/mol. The van der Waals surface area contributed by atoms with Crippen molar-refractivity contribution in [2.75, 3.05) is 6.61 Å². The molecule has 0 aliphatic rings. The van der Waals surface area contributed by atoms with Gasteiger partial charge in [-0.15, -0.1) is 0 Å². The molecule has 0 aliphatic heterocycles. The highest BCUT2D eigenvalue weighted by atomic mass is 127. The molecule has 0 saturated heterocycles. The Hall–Kier alpha value is -2.65. The summed E-state index contributed by atoms with van der Waals surface area (Å²) in [5, 5.41) is 20.7. The molecule has 8 heteroatoms. The molecule has 3 rings (SSSR count). The second-order valence-electron chi connectivity index (χ2n) is 6.66. The van der Waals surface area contributed by atoms with E-state index in [2.05, 4.69) is 51.3 Å². The monoisotopic (exact) mass is 652 g/mol. The van der Waals surface area contributed by atoms with Gasteiger partial charge in [-0.3, -0.25) is 10.1 Å². The van der Waals surface area contributed by atoms with Gasteiger partial charge in [0.05, 0.1) is 26.7 Å². The zero-order valence-corrected chi connectivity index (χ0v) is 21.4. The van der Waals surface area contributed by atoms with Crippen LogP contribution in [-0.2, 0) is 6.61 Å². The number of ether oxygens (including phenoxy) is 2. The molecule has 0 N–H and O–H groups in total. The van der Waals surface area contributed by atoms with Gasteiger partial charge in [0, 0.05) is 15.7 Å². The Kier molecular flexibility index (Phi) is 8.46. The zero-order valence-electron chi connectivity index (χ0n) is 17.0. The van der Waals surface area contributed by atoms with Gasteiger partial charge in [0.2, 0.25) is 0 Å². The molecule has 0 radical (unpaired) electrons. The fraction of sp³-hybridized carbons (Fsp3) is 0.125. The molecule has 3 aromatic carbocycles. The Bertz CT molecular complexity index is 1200. The summed E-state index contributed by atoms with van der Waals surface area (Å²) in [6.45, 7) is 2.75. The lowest BCUT2D eigenvalue weighted by atomic mass is 10.0. The van der Waals surface area contributed by atoms with E-state index in [9.17, 15) is 15.4 Å². The third kappa shape index (κ3) is 6.20. The van der Waals surface area contributed by atoms with E-state index in [0.717, 1.165) is 18.3 Å². The molecular weight excluding hydrogens is 634 g/mol. The van der Waals surface area contributed by atoms with Crippen LogP contribution in [0.4, 0.5) is 5.69 Å². The van der Waals surface area contributed by atoms with Crippen LogP contribution in [0.2, 0.25) is 0 Å². The van der Waals surface area contributed by atoms with E-state index in [1.807, 2.05) is 43.3 Å². The Morgan fingerprint density at radius 2 is 1.88 bits per heavy atom. The van der Waals surface area contributed by atoms with Gasteiger partial charge >= 0.3 is 0 Å². The lowest BCUT2D eigenvalue weighted by molar-refractivity contribution is -0.384. The van der Waals surface area contributed by atoms with Crippen LogP contribution in [0.5, 0.6) is 11.5 Å². The van der Waals surface area contributed by atoms with E-state index in [1.54, 1.807) is 18.2 Å². The summed E-state index contributed by atoms with van der Waals surface area (Å²) in [7, 11) is 0. The van der Waals surface area contributed by atoms with Crippen LogP contribution in [0.3, 0.4) is 0 Å². The highest BCUT2D eigenvalue weighted by Crippen LogP contribution is 2.36. The molecule has 0 amide bonds. The van der Waals surface area contributed by atoms with Crippen molar-refractivity contribution in [2.45, 2.75) is 13.5 Å². The molecule has 0 fully saturated rings. The number of benzene rings is 3. The number of halogens is 2. The largest absolute Gasteiger partial charge is 0.490 e. The number of rotatable bonds is 8. The number of hydrogen-bond donors (Lipinski definition) is 0. The lowest BCUT2D eigenvalue weighted by Gasteiger charge is -2.15. The Labute approximate surface area is 213 Å². The van der Waals surface area contributed by atoms with Gasteiger partial charge in [0.25, 0.3) is 5.69 Å². The summed E-state index contributed by atoms with van der Waals surface area (Å²) in [4.78, 5) is 10.6. The van der Waals surface area contributed by atoms with Crippen LogP contribution in [-0.4, -0.2) is 11.5 Å². The molecule has 0 aliphatic carbocycles. The van der Waals surface area contributed by atoms with E-state index >= 15 is 0 Å². The Balaban J connectivity index is 1.93. The number of nitriles is 1. The molecular formula is C24H18I2N2O4. The first-order valence-electron chi connectivity index (χ1n) is 9.61. The molecule has 0 heterocycles. The van der Waals surface area contributed by atoms with E-state index in [4.69, 9.17) is 9.47 Å². The first-order chi connectivity index (χ1) is 15.4. The molecule has 6 nitrogen and oxygen atoms in total. The molecule has 0 spiro atoms. The van der Waals surface area contributed by atoms with Crippen molar-refractivity contribution in [3.63, 3.8) is 0 Å². The standard InChI is InChI=1S/C24H18I2N2O4/c1-2-31-23-12-17(10-19(14-27)18-4-3-5-21(13-18)28(29)30)11-22(26)24(23)32-15-16-6-8-20(25)9-7-16/h3-13H,2,15H2,1H3/b19-10-. The summed E-state index contributed by atoms with van der Waals surface area (Å²) in [5.41, 5.74) is 2.52. The van der Waals surface area contributed by atoms with Gasteiger partial charge in [0.15, 0.2) is 11.5 Å². The van der Waals surface area contributed by atoms with Gasteiger partial charge in [0.1, 0.15) is 6.61 Å². The molecule has 0 saturated carbocycles. The van der Waals surface area contributed by atoms with E-state index < -0.39 is 4.92 Å². The van der Waals surface area contributed by atoms with Crippen molar-refractivity contribution < 1.29 is 14.4 Å². The Morgan fingerprint density at radius 3 is 2.53 bits per heavy atom. The maximum absolute atomic E-state index is 11.1. The summed E-state index contributed by atoms with van der Waals surface area (Å²) in [5.74, 6) is 1.21. The number of allylic oxidation sites excluding steroid dienone is 1. The minimum Gasteiger partial charge on any atom is -0.490 e. The third-order valence-corrected chi connectivity index (χ3v) is 5.95. The second-order valence-corrected chi connectivity index (χ2v) is 9.06. The van der Waals surface area contributed by atoms with Crippen molar-refractivity contribution >= 4 is 62.5 Å². The maximum atomic E-state index is 11.1. The number of nitrogens with zero attached hydrogens (tertiary/aromatic N) is 2. The fourth-order valence-electron chi connectivity index (χ4n) is 2.94. The van der Waals surface area contributed by atoms with Gasteiger partial charge in [-0.2, -0.15) is 5.26 Å². The fourth-order valence-corrected chi connectivity index (χ4v) is 4.08. The van der Waals surface area contributed by atoms with Crippen LogP contribution in [0.15, 0.2) is 60.7 Å². The lowest BCUT2D eigenvalue weighted by Crippen LogP contribution is -2.02. The molecule has 0 bridgehead atoms. The molecule has 32 heavy (non-hydrogen) atoms. The highest BCUT2D eigenvalue weighted by molar-refractivity contribution is 14.1. The smallest absolute Gasteiger partial charge is 0.270 e. The summed E-state index contributed by atoms with van der Waals surface area (Å²) >= 11 is 4.44. The maximum Gasteiger partial charge on any atom is 0.270 e. The van der Waals surface area contributed by atoms with E-state index in [-0.39, 0.29) is 5.69 Å². The van der Waals surface area contributed by atoms with Crippen molar-refractivity contribution in [1.82, 2.24) is 0 Å². The predicted octanol–water partition coefficient (Wildman–Crippen LogP) is 6.85. The quantitative estimate of drug-likeness (QED) is 0.0875. The number of hydrogen-bond acceptors (Lipinski definition) is 5. The number of nitro benzene ring substituents is 1. The van der Waals surface area contributed by atoms with Crippen LogP contribution in [0.1, 0.15) is 23.6 Å². The van der Waals surface area contributed by atoms with Gasteiger partial charge < -0.3 is 9.47 Å². The van der Waals surface area contributed by atoms with Crippen LogP contribution in [0, 0.1) is 28.6 Å². The predicted molar refractivity (Wildman–Crippen MR) is 140 cm³/mol. The Morgan fingerprint density at radius 1 is 1.12 bits per heavy atom. The van der Waals surface area contributed by atoms with Crippen LogP contribution < -0.4 is 9.47 Å². The summed E-state index contributed by atoms with van der Waals surface area (Å²) in [6.07, 6.45) is 1.69. The minimum atomic E-state index is -0.478. The van der Waals surface area contributed by atoms with Crippen molar-refractivity contribution in [2.24, 2.45) is 0 Å². The number of nitro groups is 1. The average Bonchev–Trinajstić information content (AvgIpc) is 2.78. The molecule has 0 atom stereocenters. The highest BCUT2D eigenvalue weighted by Gasteiger charge is 2.14. The SMILES string of the molecule is CCOc1cc(/C=C(/C#N)c2cccc([N+](=O)[O-])c2)cc(I)c1OCc1ccc(I)cc1. The molecule has 3 aromatic rings. The normalized spacial score (nSPS) is 11.0. The third-order valence-electron chi connectivity index (χ3n) is 4.43. The van der Waals surface area contributed by atoms with Crippen LogP contribution in [0.25, 0.3) is 11.6 Å². The first kappa shape index (κ1) is 24.0. The summed E-state index contributed by atoms with van der Waals surface area (Å²) < 4.78 is 13.9. The molecule has 0 aromatic heterocycles. The van der Waals surface area contributed by atoms with Crippen LogP contribution >= 0.6 is 45.2 Å². The zero-order chi connectivity index (χ0) is 23.1. The number of non-ortho nitro benzene ring substituents is 1. The summed E-state index contributed by atoms with van der Waals surface area (Å²) in [6, 6.07) is 20.0. The van der Waals surface area contributed by atoms with Crippen molar-refractivity contribution in [1.29, 1.82) is 5.26 Å². The van der Waals surface area contributed by atoms with Gasteiger partial charge in [-0.25, -0.2) is 0 Å². The van der Waals surface area contributed by atoms with Crippen molar-refractivity contribution in [3.05, 3.63) is 94.6 Å². The first-order valence-corrected chi connectivity index (χ1v) is 11.8. The molecule has 162 valence electrons. The second kappa shape index (κ2) is 11.3.